The maximum Gasteiger partial charge on any atom is 0.254 e. The van der Waals surface area contributed by atoms with Crippen molar-refractivity contribution in [1.29, 1.82) is 0 Å². The van der Waals surface area contributed by atoms with Crippen molar-refractivity contribution in [2.24, 2.45) is 0 Å². The van der Waals surface area contributed by atoms with Crippen LogP contribution in [0.3, 0.4) is 0 Å². The molecule has 0 spiro atoms. The van der Waals surface area contributed by atoms with Gasteiger partial charge in [0, 0.05) is 23.0 Å². The predicted octanol–water partition coefficient (Wildman–Crippen LogP) is 3.54. The molecule has 0 aromatic heterocycles. The van der Waals surface area contributed by atoms with Crippen LogP contribution in [0, 0.1) is 0 Å². The molecule has 5 nitrogen and oxygen atoms in total. The van der Waals surface area contributed by atoms with Crippen LogP contribution in [-0.4, -0.2) is 35.6 Å². The molecule has 2 aliphatic rings. The molecule has 1 aliphatic heterocycles. The number of rotatable bonds is 5. The van der Waals surface area contributed by atoms with E-state index in [0.29, 0.717) is 23.9 Å². The quantitative estimate of drug-likeness (QED) is 0.877. The standard InChI is InChI=1S/C20H20N2O3S/c1-25-16-7-2-13(3-8-16)11-22(15-5-6-15)20(24)14-4-9-18-17(10-14)21-19(23)12-26-18/h2-4,7-10,15H,5-6,11-12H2,1H3,(H,21,23). The van der Waals surface area contributed by atoms with E-state index in [0.717, 1.165) is 34.7 Å². The number of anilines is 1. The van der Waals surface area contributed by atoms with Crippen LogP contribution in [0.15, 0.2) is 47.4 Å². The molecule has 4 rings (SSSR count). The Morgan fingerprint density at radius 2 is 2.00 bits per heavy atom. The zero-order valence-corrected chi connectivity index (χ0v) is 15.3. The summed E-state index contributed by atoms with van der Waals surface area (Å²) in [5, 5.41) is 2.86. The molecule has 134 valence electrons. The summed E-state index contributed by atoms with van der Waals surface area (Å²) in [6.07, 6.45) is 2.08. The van der Waals surface area contributed by atoms with E-state index in [1.54, 1.807) is 13.2 Å². The van der Waals surface area contributed by atoms with Gasteiger partial charge in [-0.2, -0.15) is 0 Å². The Kier molecular flexibility index (Phi) is 4.59. The Labute approximate surface area is 156 Å². The van der Waals surface area contributed by atoms with Gasteiger partial charge in [-0.15, -0.1) is 11.8 Å². The predicted molar refractivity (Wildman–Crippen MR) is 102 cm³/mol. The molecule has 2 aromatic carbocycles. The number of thioether (sulfide) groups is 1. The van der Waals surface area contributed by atoms with Gasteiger partial charge in [0.1, 0.15) is 5.75 Å². The van der Waals surface area contributed by atoms with Gasteiger partial charge in [0.15, 0.2) is 0 Å². The van der Waals surface area contributed by atoms with Crippen LogP contribution in [0.4, 0.5) is 5.69 Å². The van der Waals surface area contributed by atoms with Gasteiger partial charge < -0.3 is 15.0 Å². The molecule has 0 radical (unpaired) electrons. The number of fused-ring (bicyclic) bond motifs is 1. The second-order valence-electron chi connectivity index (χ2n) is 6.56. The minimum absolute atomic E-state index is 0.0101. The van der Waals surface area contributed by atoms with E-state index in [4.69, 9.17) is 4.74 Å². The van der Waals surface area contributed by atoms with E-state index in [9.17, 15) is 9.59 Å². The molecule has 1 aliphatic carbocycles. The van der Waals surface area contributed by atoms with Crippen molar-refractivity contribution in [3.8, 4) is 5.75 Å². The molecule has 1 fully saturated rings. The van der Waals surface area contributed by atoms with Crippen molar-refractivity contribution in [1.82, 2.24) is 4.90 Å². The zero-order valence-electron chi connectivity index (χ0n) is 14.5. The van der Waals surface area contributed by atoms with Crippen LogP contribution in [-0.2, 0) is 11.3 Å². The third-order valence-corrected chi connectivity index (χ3v) is 5.69. The summed E-state index contributed by atoms with van der Waals surface area (Å²) in [7, 11) is 1.64. The van der Waals surface area contributed by atoms with Crippen molar-refractivity contribution in [2.45, 2.75) is 30.3 Å². The number of ether oxygens (including phenoxy) is 1. The fourth-order valence-electron chi connectivity index (χ4n) is 3.06. The number of methoxy groups -OCH3 is 1. The topological polar surface area (TPSA) is 58.6 Å². The van der Waals surface area contributed by atoms with Crippen molar-refractivity contribution < 1.29 is 14.3 Å². The summed E-state index contributed by atoms with van der Waals surface area (Å²) in [6.45, 7) is 0.575. The molecule has 1 N–H and O–H groups in total. The first kappa shape index (κ1) is 17.0. The maximum absolute atomic E-state index is 13.1. The number of nitrogens with one attached hydrogen (secondary N) is 1. The Morgan fingerprint density at radius 3 is 2.69 bits per heavy atom. The molecule has 0 saturated heterocycles. The highest BCUT2D eigenvalue weighted by molar-refractivity contribution is 8.00. The molecular weight excluding hydrogens is 348 g/mol. The van der Waals surface area contributed by atoms with Crippen LogP contribution in [0.2, 0.25) is 0 Å². The lowest BCUT2D eigenvalue weighted by molar-refractivity contribution is -0.113. The van der Waals surface area contributed by atoms with E-state index >= 15 is 0 Å². The number of hydrogen-bond acceptors (Lipinski definition) is 4. The van der Waals surface area contributed by atoms with Gasteiger partial charge in [-0.25, -0.2) is 0 Å². The Hall–Kier alpha value is -2.47. The number of amides is 2. The van der Waals surface area contributed by atoms with Gasteiger partial charge in [0.25, 0.3) is 5.91 Å². The van der Waals surface area contributed by atoms with E-state index in [2.05, 4.69) is 5.32 Å². The first-order chi connectivity index (χ1) is 12.6. The highest BCUT2D eigenvalue weighted by Gasteiger charge is 2.33. The van der Waals surface area contributed by atoms with Gasteiger partial charge in [-0.05, 0) is 48.7 Å². The Bertz CT molecular complexity index is 847. The minimum Gasteiger partial charge on any atom is -0.497 e. The summed E-state index contributed by atoms with van der Waals surface area (Å²) in [5.41, 5.74) is 2.43. The number of carbonyl (C=O) groups is 2. The molecule has 26 heavy (non-hydrogen) atoms. The minimum atomic E-state index is -0.0237. The number of nitrogens with zero attached hydrogens (tertiary/aromatic N) is 1. The lowest BCUT2D eigenvalue weighted by Gasteiger charge is -2.24. The van der Waals surface area contributed by atoms with Gasteiger partial charge in [0.2, 0.25) is 5.91 Å². The molecule has 0 bridgehead atoms. The van der Waals surface area contributed by atoms with Gasteiger partial charge in [-0.3, -0.25) is 9.59 Å². The second kappa shape index (κ2) is 7.03. The first-order valence-corrected chi connectivity index (χ1v) is 9.63. The van der Waals surface area contributed by atoms with Crippen molar-refractivity contribution in [2.75, 3.05) is 18.2 Å². The van der Waals surface area contributed by atoms with E-state index < -0.39 is 0 Å². The molecule has 6 heteroatoms. The van der Waals surface area contributed by atoms with Crippen LogP contribution >= 0.6 is 11.8 Å². The normalized spacial score (nSPS) is 15.8. The molecule has 2 aromatic rings. The van der Waals surface area contributed by atoms with E-state index in [1.165, 1.54) is 11.8 Å². The third kappa shape index (κ3) is 3.55. The Balaban J connectivity index is 1.55. The average Bonchev–Trinajstić information content (AvgIpc) is 3.50. The van der Waals surface area contributed by atoms with Crippen LogP contribution in [0.1, 0.15) is 28.8 Å². The zero-order chi connectivity index (χ0) is 18.1. The van der Waals surface area contributed by atoms with Gasteiger partial charge in [-0.1, -0.05) is 12.1 Å². The van der Waals surface area contributed by atoms with Crippen LogP contribution in [0.5, 0.6) is 5.75 Å². The molecule has 2 amide bonds. The van der Waals surface area contributed by atoms with E-state index in [1.807, 2.05) is 41.3 Å². The van der Waals surface area contributed by atoms with Crippen LogP contribution in [0.25, 0.3) is 0 Å². The molecule has 1 heterocycles. The second-order valence-corrected chi connectivity index (χ2v) is 7.58. The molecule has 0 atom stereocenters. The lowest BCUT2D eigenvalue weighted by atomic mass is 10.1. The van der Waals surface area contributed by atoms with Crippen molar-refractivity contribution in [3.05, 3.63) is 53.6 Å². The highest BCUT2D eigenvalue weighted by Crippen LogP contribution is 2.34. The fraction of sp³-hybridized carbons (Fsp3) is 0.300. The molecule has 0 unspecified atom stereocenters. The van der Waals surface area contributed by atoms with Gasteiger partial charge in [0.05, 0.1) is 18.6 Å². The summed E-state index contributed by atoms with van der Waals surface area (Å²) in [4.78, 5) is 27.7. The summed E-state index contributed by atoms with van der Waals surface area (Å²) >= 11 is 1.50. The first-order valence-electron chi connectivity index (χ1n) is 8.64. The molecular formula is C20H20N2O3S. The fourth-order valence-corrected chi connectivity index (χ4v) is 3.85. The molecule has 1 saturated carbocycles. The summed E-state index contributed by atoms with van der Waals surface area (Å²) in [5.74, 6) is 1.22. The third-order valence-electron chi connectivity index (χ3n) is 4.62. The Morgan fingerprint density at radius 1 is 1.23 bits per heavy atom. The highest BCUT2D eigenvalue weighted by atomic mass is 32.2. The maximum atomic E-state index is 13.1. The van der Waals surface area contributed by atoms with Gasteiger partial charge >= 0.3 is 0 Å². The summed E-state index contributed by atoms with van der Waals surface area (Å²) < 4.78 is 5.20. The smallest absolute Gasteiger partial charge is 0.254 e. The van der Waals surface area contributed by atoms with Crippen LogP contribution < -0.4 is 10.1 Å². The van der Waals surface area contributed by atoms with E-state index in [-0.39, 0.29) is 11.8 Å². The van der Waals surface area contributed by atoms with Crippen molar-refractivity contribution in [3.63, 3.8) is 0 Å². The largest absolute Gasteiger partial charge is 0.497 e. The number of benzene rings is 2. The lowest BCUT2D eigenvalue weighted by Crippen LogP contribution is -2.32. The summed E-state index contributed by atoms with van der Waals surface area (Å²) in [6, 6.07) is 13.7. The monoisotopic (exact) mass is 368 g/mol. The average molecular weight is 368 g/mol. The van der Waals surface area contributed by atoms with Crippen molar-refractivity contribution >= 4 is 29.3 Å². The number of hydrogen-bond donors (Lipinski definition) is 1. The SMILES string of the molecule is COc1ccc(CN(C(=O)c2ccc3c(c2)NC(=O)CS3)C2CC2)cc1. The number of carbonyl (C=O) groups excluding carboxylic acids is 2.